The molecule has 0 aliphatic rings. The van der Waals surface area contributed by atoms with Gasteiger partial charge in [0.1, 0.15) is 12.4 Å². The van der Waals surface area contributed by atoms with Gasteiger partial charge in [-0.1, -0.05) is 18.2 Å². The standard InChI is InChI=1S/C21H21FN4O6S/c1-14-16(12-21(27)24-9-10-32-26(28)29)11-20(25(14)18-4-2-3-17(22)13-18)15-5-7-19(8-6-15)33(23,30)31/h2-8,11,13H,9-10,12H2,1H3,(H,24,27)(H2,23,30,31). The summed E-state index contributed by atoms with van der Waals surface area (Å²) >= 11 is 0. The predicted octanol–water partition coefficient (Wildman–Crippen LogP) is 2.11. The first-order valence-corrected chi connectivity index (χ1v) is 11.3. The molecule has 1 heterocycles. The second-order valence-electron chi connectivity index (χ2n) is 7.11. The quantitative estimate of drug-likeness (QED) is 0.275. The van der Waals surface area contributed by atoms with Crippen LogP contribution < -0.4 is 10.5 Å². The molecule has 0 saturated heterocycles. The molecular weight excluding hydrogens is 455 g/mol. The van der Waals surface area contributed by atoms with Crippen molar-refractivity contribution in [2.24, 2.45) is 5.14 Å². The van der Waals surface area contributed by atoms with Gasteiger partial charge < -0.3 is 14.7 Å². The fourth-order valence-corrected chi connectivity index (χ4v) is 3.87. The zero-order valence-corrected chi connectivity index (χ0v) is 18.3. The van der Waals surface area contributed by atoms with E-state index in [0.717, 1.165) is 0 Å². The molecule has 12 heteroatoms. The number of aromatic nitrogens is 1. The van der Waals surface area contributed by atoms with E-state index in [0.29, 0.717) is 28.2 Å². The highest BCUT2D eigenvalue weighted by atomic mass is 32.2. The summed E-state index contributed by atoms with van der Waals surface area (Å²) in [6.45, 7) is 1.46. The van der Waals surface area contributed by atoms with E-state index in [-0.39, 0.29) is 30.4 Å². The van der Waals surface area contributed by atoms with Crippen molar-refractivity contribution in [1.29, 1.82) is 0 Å². The molecule has 3 aromatic rings. The molecule has 0 radical (unpaired) electrons. The topological polar surface area (TPSA) is 147 Å². The van der Waals surface area contributed by atoms with Crippen molar-refractivity contribution in [3.63, 3.8) is 0 Å². The van der Waals surface area contributed by atoms with Crippen molar-refractivity contribution in [3.05, 3.63) is 81.8 Å². The number of sulfonamides is 1. The Morgan fingerprint density at radius 1 is 1.21 bits per heavy atom. The number of nitrogens with zero attached hydrogens (tertiary/aromatic N) is 2. The van der Waals surface area contributed by atoms with Crippen LogP contribution in [0.2, 0.25) is 0 Å². The largest absolute Gasteiger partial charge is 0.354 e. The highest BCUT2D eigenvalue weighted by Gasteiger charge is 2.18. The first-order valence-electron chi connectivity index (χ1n) is 9.70. The van der Waals surface area contributed by atoms with E-state index in [2.05, 4.69) is 10.2 Å². The van der Waals surface area contributed by atoms with Gasteiger partial charge in [-0.05, 0) is 54.4 Å². The average Bonchev–Trinajstić information content (AvgIpc) is 3.06. The molecule has 2 aromatic carbocycles. The van der Waals surface area contributed by atoms with E-state index in [1.807, 2.05) is 0 Å². The minimum absolute atomic E-state index is 0.0329. The van der Waals surface area contributed by atoms with Gasteiger partial charge in [0, 0.05) is 17.9 Å². The van der Waals surface area contributed by atoms with E-state index in [4.69, 9.17) is 5.14 Å². The lowest BCUT2D eigenvalue weighted by Crippen LogP contribution is -2.29. The smallest absolute Gasteiger partial charge is 0.294 e. The Morgan fingerprint density at radius 3 is 2.52 bits per heavy atom. The molecule has 0 aliphatic heterocycles. The van der Waals surface area contributed by atoms with Crippen LogP contribution in [0, 0.1) is 22.9 Å². The number of amides is 1. The SMILES string of the molecule is Cc1c(CC(=O)NCCO[N+](=O)[O-])cc(-c2ccc(S(N)(=O)=O)cc2)n1-c1cccc(F)c1. The zero-order valence-electron chi connectivity index (χ0n) is 17.5. The molecule has 0 atom stereocenters. The molecule has 3 rings (SSSR count). The van der Waals surface area contributed by atoms with Crippen LogP contribution in [-0.4, -0.2) is 37.1 Å². The minimum Gasteiger partial charge on any atom is -0.354 e. The minimum atomic E-state index is -3.87. The Labute approximate surface area is 188 Å². The van der Waals surface area contributed by atoms with Gasteiger partial charge in [0.25, 0.3) is 5.09 Å². The van der Waals surface area contributed by atoms with Crippen molar-refractivity contribution >= 4 is 15.9 Å². The fraction of sp³-hybridized carbons (Fsp3) is 0.190. The molecule has 0 unspecified atom stereocenters. The number of halogens is 1. The molecule has 0 spiro atoms. The second kappa shape index (κ2) is 9.79. The maximum absolute atomic E-state index is 13.9. The lowest BCUT2D eigenvalue weighted by molar-refractivity contribution is -0.757. The van der Waals surface area contributed by atoms with Crippen molar-refractivity contribution in [1.82, 2.24) is 9.88 Å². The highest BCUT2D eigenvalue weighted by Crippen LogP contribution is 2.30. The number of nitrogens with two attached hydrogens (primary N) is 1. The third-order valence-corrected chi connectivity index (χ3v) is 5.80. The van der Waals surface area contributed by atoms with Gasteiger partial charge >= 0.3 is 0 Å². The number of carbonyl (C=O) groups is 1. The molecule has 33 heavy (non-hydrogen) atoms. The first-order chi connectivity index (χ1) is 15.6. The van der Waals surface area contributed by atoms with Crippen LogP contribution >= 0.6 is 0 Å². The molecule has 0 aliphatic carbocycles. The van der Waals surface area contributed by atoms with Gasteiger partial charge in [0.2, 0.25) is 15.9 Å². The van der Waals surface area contributed by atoms with Crippen LogP contribution in [0.4, 0.5) is 4.39 Å². The van der Waals surface area contributed by atoms with Gasteiger partial charge in [-0.2, -0.15) is 0 Å². The summed E-state index contributed by atoms with van der Waals surface area (Å²) in [6.07, 6.45) is -0.0329. The summed E-state index contributed by atoms with van der Waals surface area (Å²) in [5.74, 6) is -0.821. The van der Waals surface area contributed by atoms with E-state index < -0.39 is 20.9 Å². The Kier molecular flexibility index (Phi) is 7.09. The molecule has 174 valence electrons. The Balaban J connectivity index is 1.96. The van der Waals surface area contributed by atoms with Crippen molar-refractivity contribution < 1.29 is 27.5 Å². The van der Waals surface area contributed by atoms with Crippen LogP contribution in [0.1, 0.15) is 11.3 Å². The summed E-state index contributed by atoms with van der Waals surface area (Å²) in [4.78, 5) is 26.6. The number of hydrogen-bond donors (Lipinski definition) is 2. The molecule has 10 nitrogen and oxygen atoms in total. The van der Waals surface area contributed by atoms with Gasteiger partial charge in [-0.3, -0.25) is 4.79 Å². The number of benzene rings is 2. The summed E-state index contributed by atoms with van der Waals surface area (Å²) < 4.78 is 38.8. The molecule has 0 bridgehead atoms. The van der Waals surface area contributed by atoms with E-state index in [1.54, 1.807) is 41.8 Å². The summed E-state index contributed by atoms with van der Waals surface area (Å²) in [7, 11) is -3.87. The monoisotopic (exact) mass is 476 g/mol. The molecule has 3 N–H and O–H groups in total. The molecular formula is C21H21FN4O6S. The van der Waals surface area contributed by atoms with Gasteiger partial charge in [-0.15, -0.1) is 10.1 Å². The average molecular weight is 476 g/mol. The highest BCUT2D eigenvalue weighted by molar-refractivity contribution is 7.89. The number of carbonyl (C=O) groups excluding carboxylic acids is 1. The van der Waals surface area contributed by atoms with Crippen molar-refractivity contribution in [2.45, 2.75) is 18.2 Å². The third-order valence-electron chi connectivity index (χ3n) is 4.87. The van der Waals surface area contributed by atoms with Gasteiger partial charge in [0.05, 0.1) is 17.0 Å². The maximum Gasteiger partial charge on any atom is 0.294 e. The number of hydrogen-bond acceptors (Lipinski definition) is 6. The Hall–Kier alpha value is -3.77. The van der Waals surface area contributed by atoms with Crippen LogP contribution in [0.3, 0.4) is 0 Å². The molecule has 0 saturated carbocycles. The third kappa shape index (κ3) is 5.93. The zero-order chi connectivity index (χ0) is 24.2. The van der Waals surface area contributed by atoms with Crippen LogP contribution in [0.25, 0.3) is 16.9 Å². The van der Waals surface area contributed by atoms with E-state index in [9.17, 15) is 27.7 Å². The van der Waals surface area contributed by atoms with E-state index >= 15 is 0 Å². The van der Waals surface area contributed by atoms with Crippen molar-refractivity contribution in [3.8, 4) is 16.9 Å². The normalized spacial score (nSPS) is 11.2. The predicted molar refractivity (Wildman–Crippen MR) is 117 cm³/mol. The van der Waals surface area contributed by atoms with Crippen LogP contribution in [0.15, 0.2) is 59.5 Å². The van der Waals surface area contributed by atoms with Gasteiger partial charge in [0.15, 0.2) is 0 Å². The molecule has 0 fully saturated rings. The lowest BCUT2D eigenvalue weighted by Gasteiger charge is -2.13. The van der Waals surface area contributed by atoms with Gasteiger partial charge in [-0.25, -0.2) is 17.9 Å². The lowest BCUT2D eigenvalue weighted by atomic mass is 10.1. The fourth-order valence-electron chi connectivity index (χ4n) is 3.36. The summed E-state index contributed by atoms with van der Waals surface area (Å²) in [5.41, 5.74) is 3.06. The number of rotatable bonds is 9. The van der Waals surface area contributed by atoms with Crippen LogP contribution in [-0.2, 0) is 26.1 Å². The van der Waals surface area contributed by atoms with E-state index in [1.165, 1.54) is 24.3 Å². The van der Waals surface area contributed by atoms with Crippen LogP contribution in [0.5, 0.6) is 0 Å². The number of primary sulfonamides is 1. The maximum atomic E-state index is 13.9. The molecule has 1 aromatic heterocycles. The number of nitrogens with one attached hydrogen (secondary N) is 1. The Bertz CT molecular complexity index is 1290. The molecule has 1 amide bonds. The summed E-state index contributed by atoms with van der Waals surface area (Å²) in [5, 5.41) is 17.0. The van der Waals surface area contributed by atoms with Crippen molar-refractivity contribution in [2.75, 3.05) is 13.2 Å². The first kappa shape index (κ1) is 23.9. The Morgan fingerprint density at radius 2 is 1.91 bits per heavy atom. The second-order valence-corrected chi connectivity index (χ2v) is 8.67. The summed E-state index contributed by atoms with van der Waals surface area (Å²) in [6, 6.07) is 13.5.